The maximum absolute atomic E-state index is 5.95. The van der Waals surface area contributed by atoms with Gasteiger partial charge in [0.25, 0.3) is 0 Å². The van der Waals surface area contributed by atoms with Crippen LogP contribution in [-0.2, 0) is 11.3 Å². The van der Waals surface area contributed by atoms with E-state index in [1.54, 1.807) is 0 Å². The van der Waals surface area contributed by atoms with Gasteiger partial charge in [0.2, 0.25) is 0 Å². The molecular weight excluding hydrogens is 226 g/mol. The monoisotopic (exact) mass is 249 g/mol. The Labute approximate surface area is 109 Å². The maximum atomic E-state index is 5.95. The van der Waals surface area contributed by atoms with Crippen LogP contribution >= 0.6 is 0 Å². The lowest BCUT2D eigenvalue weighted by Gasteiger charge is -2.28. The Hall–Kier alpha value is -1.10. The van der Waals surface area contributed by atoms with Crippen LogP contribution in [0.1, 0.15) is 5.56 Å². The van der Waals surface area contributed by atoms with Crippen LogP contribution in [0.4, 0.5) is 5.69 Å². The zero-order chi connectivity index (χ0) is 12.8. The van der Waals surface area contributed by atoms with Crippen LogP contribution in [0.25, 0.3) is 0 Å². The van der Waals surface area contributed by atoms with Crippen molar-refractivity contribution in [3.05, 3.63) is 29.8 Å². The molecule has 0 spiro atoms. The Morgan fingerprint density at radius 1 is 1.28 bits per heavy atom. The number of benzene rings is 1. The van der Waals surface area contributed by atoms with Crippen molar-refractivity contribution in [1.29, 1.82) is 0 Å². The van der Waals surface area contributed by atoms with Gasteiger partial charge in [-0.25, -0.2) is 0 Å². The van der Waals surface area contributed by atoms with Crippen LogP contribution < -0.4 is 5.73 Å². The molecule has 2 rings (SSSR count). The number of hydrogen-bond donors (Lipinski definition) is 1. The summed E-state index contributed by atoms with van der Waals surface area (Å²) < 4.78 is 5.35. The second-order valence-electron chi connectivity index (χ2n) is 4.89. The van der Waals surface area contributed by atoms with Gasteiger partial charge in [0.15, 0.2) is 0 Å². The van der Waals surface area contributed by atoms with E-state index < -0.39 is 0 Å². The fourth-order valence-corrected chi connectivity index (χ4v) is 2.18. The molecular formula is C14H23N3O. The largest absolute Gasteiger partial charge is 0.398 e. The molecule has 100 valence electrons. The molecule has 4 heteroatoms. The summed E-state index contributed by atoms with van der Waals surface area (Å²) in [5.74, 6) is 0. The van der Waals surface area contributed by atoms with Gasteiger partial charge in [-0.15, -0.1) is 0 Å². The lowest BCUT2D eigenvalue weighted by atomic mass is 10.2. The molecule has 2 N–H and O–H groups in total. The average molecular weight is 249 g/mol. The molecule has 0 atom stereocenters. The van der Waals surface area contributed by atoms with E-state index in [0.29, 0.717) is 0 Å². The van der Waals surface area contributed by atoms with Crippen LogP contribution in [0.5, 0.6) is 0 Å². The number of likely N-dealkylation sites (N-methyl/N-ethyl adjacent to an activating group) is 1. The van der Waals surface area contributed by atoms with Gasteiger partial charge in [-0.2, -0.15) is 0 Å². The molecule has 4 nitrogen and oxygen atoms in total. The van der Waals surface area contributed by atoms with Crippen molar-refractivity contribution in [1.82, 2.24) is 9.80 Å². The van der Waals surface area contributed by atoms with E-state index in [-0.39, 0.29) is 0 Å². The fourth-order valence-electron chi connectivity index (χ4n) is 2.18. The number of rotatable bonds is 5. The molecule has 18 heavy (non-hydrogen) atoms. The lowest BCUT2D eigenvalue weighted by molar-refractivity contribution is 0.0342. The van der Waals surface area contributed by atoms with E-state index in [1.807, 2.05) is 18.2 Å². The number of nitrogens with two attached hydrogens (primary N) is 1. The number of para-hydroxylation sites is 1. The van der Waals surface area contributed by atoms with E-state index in [2.05, 4.69) is 22.9 Å². The molecule has 0 aliphatic carbocycles. The zero-order valence-corrected chi connectivity index (χ0v) is 11.1. The minimum absolute atomic E-state index is 0.870. The van der Waals surface area contributed by atoms with Gasteiger partial charge in [0.1, 0.15) is 0 Å². The van der Waals surface area contributed by atoms with Crippen molar-refractivity contribution in [3.8, 4) is 0 Å². The summed E-state index contributed by atoms with van der Waals surface area (Å²) in [5.41, 5.74) is 8.05. The first kappa shape index (κ1) is 13.3. The Kier molecular flexibility index (Phi) is 4.99. The standard InChI is InChI=1S/C14H23N3O/c1-16(6-7-17-8-10-18-11-9-17)12-13-4-2-3-5-14(13)15/h2-5H,6-12,15H2,1H3. The molecule has 1 saturated heterocycles. The molecule has 0 saturated carbocycles. The van der Waals surface area contributed by atoms with E-state index in [9.17, 15) is 0 Å². The van der Waals surface area contributed by atoms with E-state index in [4.69, 9.17) is 10.5 Å². The van der Waals surface area contributed by atoms with E-state index >= 15 is 0 Å². The van der Waals surface area contributed by atoms with Crippen LogP contribution in [0.15, 0.2) is 24.3 Å². The van der Waals surface area contributed by atoms with Gasteiger partial charge in [-0.3, -0.25) is 4.90 Å². The molecule has 1 aromatic carbocycles. The highest BCUT2D eigenvalue weighted by Gasteiger charge is 2.11. The van der Waals surface area contributed by atoms with E-state index in [0.717, 1.165) is 51.6 Å². The molecule has 1 heterocycles. The molecule has 1 aromatic rings. The normalized spacial score (nSPS) is 17.2. The first-order valence-corrected chi connectivity index (χ1v) is 6.58. The second kappa shape index (κ2) is 6.73. The van der Waals surface area contributed by atoms with Gasteiger partial charge < -0.3 is 15.4 Å². The number of ether oxygens (including phenoxy) is 1. The molecule has 0 aromatic heterocycles. The lowest BCUT2D eigenvalue weighted by Crippen LogP contribution is -2.40. The number of nitrogen functional groups attached to an aromatic ring is 1. The topological polar surface area (TPSA) is 41.7 Å². The number of nitrogens with zero attached hydrogens (tertiary/aromatic N) is 2. The molecule has 0 amide bonds. The zero-order valence-electron chi connectivity index (χ0n) is 11.1. The van der Waals surface area contributed by atoms with Crippen molar-refractivity contribution >= 4 is 5.69 Å². The highest BCUT2D eigenvalue weighted by atomic mass is 16.5. The van der Waals surface area contributed by atoms with Crippen LogP contribution in [-0.4, -0.2) is 56.2 Å². The van der Waals surface area contributed by atoms with Gasteiger partial charge >= 0.3 is 0 Å². The van der Waals surface area contributed by atoms with Crippen LogP contribution in [0.3, 0.4) is 0 Å². The summed E-state index contributed by atoms with van der Waals surface area (Å²) in [4.78, 5) is 4.77. The Balaban J connectivity index is 1.74. The third-order valence-corrected chi connectivity index (χ3v) is 3.40. The highest BCUT2D eigenvalue weighted by Crippen LogP contribution is 2.12. The van der Waals surface area contributed by atoms with Crippen molar-refractivity contribution in [2.45, 2.75) is 6.54 Å². The van der Waals surface area contributed by atoms with E-state index in [1.165, 1.54) is 5.56 Å². The summed E-state index contributed by atoms with van der Waals surface area (Å²) in [6.07, 6.45) is 0. The summed E-state index contributed by atoms with van der Waals surface area (Å²) in [7, 11) is 2.15. The van der Waals surface area contributed by atoms with Crippen molar-refractivity contribution in [3.63, 3.8) is 0 Å². The minimum atomic E-state index is 0.870. The average Bonchev–Trinajstić information content (AvgIpc) is 2.40. The number of morpholine rings is 1. The summed E-state index contributed by atoms with van der Waals surface area (Å²) in [6, 6.07) is 8.08. The first-order chi connectivity index (χ1) is 8.75. The third-order valence-electron chi connectivity index (χ3n) is 3.40. The minimum Gasteiger partial charge on any atom is -0.398 e. The van der Waals surface area contributed by atoms with Crippen molar-refractivity contribution < 1.29 is 4.74 Å². The maximum Gasteiger partial charge on any atom is 0.0594 e. The summed E-state index contributed by atoms with van der Waals surface area (Å²) >= 11 is 0. The van der Waals surface area contributed by atoms with Gasteiger partial charge in [-0.05, 0) is 18.7 Å². The van der Waals surface area contributed by atoms with Crippen molar-refractivity contribution in [2.24, 2.45) is 0 Å². The Morgan fingerprint density at radius 3 is 2.72 bits per heavy atom. The first-order valence-electron chi connectivity index (χ1n) is 6.58. The highest BCUT2D eigenvalue weighted by molar-refractivity contribution is 5.46. The fraction of sp³-hybridized carbons (Fsp3) is 0.571. The van der Waals surface area contributed by atoms with Crippen LogP contribution in [0.2, 0.25) is 0 Å². The van der Waals surface area contributed by atoms with Gasteiger partial charge in [0, 0.05) is 38.4 Å². The number of anilines is 1. The van der Waals surface area contributed by atoms with Crippen LogP contribution in [0, 0.1) is 0 Å². The smallest absolute Gasteiger partial charge is 0.0594 e. The van der Waals surface area contributed by atoms with Crippen molar-refractivity contribution in [2.75, 3.05) is 52.2 Å². The summed E-state index contributed by atoms with van der Waals surface area (Å²) in [5, 5.41) is 0. The second-order valence-corrected chi connectivity index (χ2v) is 4.89. The molecule has 1 fully saturated rings. The Bertz CT molecular complexity index is 364. The molecule has 0 radical (unpaired) electrons. The predicted molar refractivity (Wildman–Crippen MR) is 74.4 cm³/mol. The molecule has 0 unspecified atom stereocenters. The summed E-state index contributed by atoms with van der Waals surface area (Å²) in [6.45, 7) is 6.94. The Morgan fingerprint density at radius 2 is 2.00 bits per heavy atom. The quantitative estimate of drug-likeness (QED) is 0.792. The van der Waals surface area contributed by atoms with Gasteiger partial charge in [-0.1, -0.05) is 18.2 Å². The molecule has 1 aliphatic heterocycles. The number of hydrogen-bond acceptors (Lipinski definition) is 4. The molecule has 1 aliphatic rings. The molecule has 0 bridgehead atoms. The third kappa shape index (κ3) is 3.98. The van der Waals surface area contributed by atoms with Gasteiger partial charge in [0.05, 0.1) is 13.2 Å². The SMILES string of the molecule is CN(CCN1CCOCC1)Cc1ccccc1N. The predicted octanol–water partition coefficient (Wildman–Crippen LogP) is 1.03.